The maximum absolute atomic E-state index is 13.4. The van der Waals surface area contributed by atoms with Crippen LogP contribution in [0, 0.1) is 0 Å². The van der Waals surface area contributed by atoms with Gasteiger partial charge < -0.3 is 19.7 Å². The number of aromatic carboxylic acids is 1. The molecular weight excluding hydrogens is 518 g/mol. The summed E-state index contributed by atoms with van der Waals surface area (Å²) in [7, 11) is 0. The Morgan fingerprint density at radius 1 is 1.00 bits per heavy atom. The van der Waals surface area contributed by atoms with Crippen molar-refractivity contribution >= 4 is 46.7 Å². The molecule has 0 aliphatic heterocycles. The largest absolute Gasteiger partial charge is 0.479 e. The average molecular weight is 544 g/mol. The minimum Gasteiger partial charge on any atom is -0.479 e. The second-order valence-corrected chi connectivity index (χ2v) is 10.0. The van der Waals surface area contributed by atoms with Gasteiger partial charge in [-0.2, -0.15) is 0 Å². The van der Waals surface area contributed by atoms with Gasteiger partial charge in [0.1, 0.15) is 11.6 Å². The van der Waals surface area contributed by atoms with E-state index in [0.717, 1.165) is 49.0 Å². The number of aliphatic carboxylic acids is 1. The van der Waals surface area contributed by atoms with E-state index in [2.05, 4.69) is 0 Å². The van der Waals surface area contributed by atoms with Crippen molar-refractivity contribution in [2.45, 2.75) is 44.8 Å². The molecule has 0 radical (unpaired) electrons. The lowest BCUT2D eigenvalue weighted by atomic mass is 9.94. The predicted octanol–water partition coefficient (Wildman–Crippen LogP) is 6.71. The Labute approximate surface area is 223 Å². The third-order valence-electron chi connectivity index (χ3n) is 6.07. The van der Waals surface area contributed by atoms with Crippen LogP contribution in [0.15, 0.2) is 54.6 Å². The van der Waals surface area contributed by atoms with E-state index >= 15 is 0 Å². The molecule has 0 spiro atoms. The quantitative estimate of drug-likeness (QED) is 0.308. The number of anilines is 1. The monoisotopic (exact) mass is 543 g/mol. The fraction of sp³-hybridized carbons (Fsp3) is 0.296. The number of carbonyl (C=O) groups excluding carboxylic acids is 1. The van der Waals surface area contributed by atoms with Crippen LogP contribution in [0.1, 0.15) is 47.3 Å². The van der Waals surface area contributed by atoms with E-state index < -0.39 is 24.6 Å². The van der Waals surface area contributed by atoms with E-state index in [1.165, 1.54) is 0 Å². The van der Waals surface area contributed by atoms with Gasteiger partial charge in [0.2, 0.25) is 0 Å². The first-order valence-corrected chi connectivity index (χ1v) is 13.0. The molecule has 3 aromatic rings. The highest BCUT2D eigenvalue weighted by molar-refractivity contribution is 7.18. The van der Waals surface area contributed by atoms with E-state index in [4.69, 9.17) is 26.2 Å². The van der Waals surface area contributed by atoms with Crippen LogP contribution in [0.4, 0.5) is 10.5 Å². The van der Waals surface area contributed by atoms with Crippen molar-refractivity contribution in [2.24, 2.45) is 0 Å². The Morgan fingerprint density at radius 2 is 1.73 bits per heavy atom. The first kappa shape index (κ1) is 26.5. The lowest BCUT2D eigenvalue weighted by Crippen LogP contribution is -2.42. The summed E-state index contributed by atoms with van der Waals surface area (Å²) in [5.74, 6) is -2.71. The first-order chi connectivity index (χ1) is 17.8. The van der Waals surface area contributed by atoms with Crippen LogP contribution in [-0.4, -0.2) is 40.9 Å². The molecule has 1 aromatic heterocycles. The third-order valence-corrected chi connectivity index (χ3v) is 7.75. The highest BCUT2D eigenvalue weighted by Crippen LogP contribution is 2.46. The molecule has 37 heavy (non-hydrogen) atoms. The van der Waals surface area contributed by atoms with Gasteiger partial charge in [0.25, 0.3) is 0 Å². The van der Waals surface area contributed by atoms with Crippen molar-refractivity contribution < 1.29 is 34.1 Å². The molecule has 2 aromatic carbocycles. The number of hydrogen-bond donors (Lipinski definition) is 2. The first-order valence-electron chi connectivity index (χ1n) is 11.9. The number of amides is 1. The Bertz CT molecular complexity index is 1270. The van der Waals surface area contributed by atoms with Crippen LogP contribution in [0.3, 0.4) is 0 Å². The number of halogens is 1. The molecule has 0 bridgehead atoms. The van der Waals surface area contributed by atoms with Crippen molar-refractivity contribution in [3.05, 3.63) is 70.1 Å². The van der Waals surface area contributed by atoms with Gasteiger partial charge in [0.05, 0.1) is 4.88 Å². The minimum absolute atomic E-state index is 0.0108. The molecule has 1 saturated carbocycles. The lowest BCUT2D eigenvalue weighted by molar-refractivity contribution is -0.139. The Morgan fingerprint density at radius 3 is 2.41 bits per heavy atom. The van der Waals surface area contributed by atoms with Crippen molar-refractivity contribution in [2.75, 3.05) is 11.5 Å². The topological polar surface area (TPSA) is 113 Å². The molecule has 194 valence electrons. The van der Waals surface area contributed by atoms with Gasteiger partial charge in [0, 0.05) is 11.7 Å². The molecule has 0 saturated heterocycles. The van der Waals surface area contributed by atoms with Crippen LogP contribution < -0.4 is 9.64 Å². The SMILES string of the molecule is O=C(O)COc1c(C(=O)O)sc(-c2cccc(N(C(=O)OCc3ccccc3)C3CCCCC3)c2)c1Cl. The average Bonchev–Trinajstić information content (AvgIpc) is 3.24. The fourth-order valence-corrected chi connectivity index (χ4v) is 5.78. The highest BCUT2D eigenvalue weighted by atomic mass is 35.5. The fourth-order valence-electron chi connectivity index (χ4n) is 4.38. The van der Waals surface area contributed by atoms with Crippen LogP contribution in [0.25, 0.3) is 10.4 Å². The van der Waals surface area contributed by atoms with Gasteiger partial charge in [0.15, 0.2) is 17.2 Å². The molecular formula is C27H26ClNO7S. The molecule has 1 amide bonds. The van der Waals surface area contributed by atoms with E-state index in [9.17, 15) is 19.5 Å². The van der Waals surface area contributed by atoms with Crippen LogP contribution >= 0.6 is 22.9 Å². The number of carboxylic acid groups (broad SMARTS) is 2. The predicted molar refractivity (Wildman–Crippen MR) is 141 cm³/mol. The van der Waals surface area contributed by atoms with E-state index in [-0.39, 0.29) is 28.3 Å². The molecule has 0 unspecified atom stereocenters. The Hall–Kier alpha value is -3.56. The maximum atomic E-state index is 13.4. The molecule has 2 N–H and O–H groups in total. The summed E-state index contributed by atoms with van der Waals surface area (Å²) < 4.78 is 10.9. The normalized spacial score (nSPS) is 13.6. The summed E-state index contributed by atoms with van der Waals surface area (Å²) in [6.07, 6.45) is 4.38. The highest BCUT2D eigenvalue weighted by Gasteiger charge is 2.30. The summed E-state index contributed by atoms with van der Waals surface area (Å²) in [5, 5.41) is 18.6. The van der Waals surface area contributed by atoms with E-state index in [1.54, 1.807) is 23.1 Å². The van der Waals surface area contributed by atoms with Crippen molar-refractivity contribution in [1.82, 2.24) is 0 Å². The second kappa shape index (κ2) is 12.1. The van der Waals surface area contributed by atoms with E-state index in [0.29, 0.717) is 16.1 Å². The van der Waals surface area contributed by atoms with Gasteiger partial charge >= 0.3 is 18.0 Å². The lowest BCUT2D eigenvalue weighted by Gasteiger charge is -2.33. The summed E-state index contributed by atoms with van der Waals surface area (Å²) in [4.78, 5) is 38.0. The minimum atomic E-state index is -1.27. The summed E-state index contributed by atoms with van der Waals surface area (Å²) >= 11 is 7.36. The molecule has 1 heterocycles. The molecule has 1 fully saturated rings. The van der Waals surface area contributed by atoms with E-state index in [1.807, 2.05) is 36.4 Å². The molecule has 10 heteroatoms. The number of thiophene rings is 1. The van der Waals surface area contributed by atoms with Crippen molar-refractivity contribution in [3.63, 3.8) is 0 Å². The van der Waals surface area contributed by atoms with Gasteiger partial charge in [-0.05, 0) is 36.1 Å². The van der Waals surface area contributed by atoms with Gasteiger partial charge in [-0.3, -0.25) is 4.90 Å². The zero-order valence-corrected chi connectivity index (χ0v) is 21.5. The summed E-state index contributed by atoms with van der Waals surface area (Å²) in [6, 6.07) is 16.5. The zero-order valence-electron chi connectivity index (χ0n) is 19.9. The molecule has 1 aliphatic carbocycles. The molecule has 0 atom stereocenters. The van der Waals surface area contributed by atoms with Crippen molar-refractivity contribution in [1.29, 1.82) is 0 Å². The number of benzene rings is 2. The van der Waals surface area contributed by atoms with Gasteiger partial charge in [-0.15, -0.1) is 11.3 Å². The number of nitrogens with zero attached hydrogens (tertiary/aromatic N) is 1. The third kappa shape index (κ3) is 6.42. The van der Waals surface area contributed by atoms with Gasteiger partial charge in [-0.25, -0.2) is 14.4 Å². The Balaban J connectivity index is 1.66. The van der Waals surface area contributed by atoms with Crippen molar-refractivity contribution in [3.8, 4) is 16.2 Å². The number of ether oxygens (including phenoxy) is 2. The zero-order chi connectivity index (χ0) is 26.4. The molecule has 8 nitrogen and oxygen atoms in total. The summed E-state index contributed by atoms with van der Waals surface area (Å²) in [6.45, 7) is -0.579. The van der Waals surface area contributed by atoms with Crippen LogP contribution in [0.2, 0.25) is 5.02 Å². The number of carboxylic acids is 2. The van der Waals surface area contributed by atoms with Crippen LogP contribution in [-0.2, 0) is 16.1 Å². The Kier molecular flexibility index (Phi) is 8.68. The van der Waals surface area contributed by atoms with Crippen LogP contribution in [0.5, 0.6) is 5.75 Å². The number of carbonyl (C=O) groups is 3. The standard InChI is InChI=1S/C27H26ClNO7S/c28-22-23(35-16-21(30)31)25(26(32)33)37-24(22)18-10-7-13-20(14-18)29(19-11-5-2-6-12-19)27(34)36-15-17-8-3-1-4-9-17/h1,3-4,7-10,13-14,19H,2,5-6,11-12,15-16H2,(H,30,31)(H,32,33). The smallest absolute Gasteiger partial charge is 0.414 e. The molecule has 1 aliphatic rings. The molecule has 4 rings (SSSR count). The second-order valence-electron chi connectivity index (χ2n) is 8.64. The number of rotatable bonds is 9. The maximum Gasteiger partial charge on any atom is 0.414 e. The summed E-state index contributed by atoms with van der Waals surface area (Å²) in [5.41, 5.74) is 2.07. The van der Waals surface area contributed by atoms with Gasteiger partial charge in [-0.1, -0.05) is 73.3 Å². The number of hydrogen-bond acceptors (Lipinski definition) is 6.